The van der Waals surface area contributed by atoms with E-state index in [1.807, 2.05) is 24.3 Å². The van der Waals surface area contributed by atoms with Crippen LogP contribution in [0.3, 0.4) is 0 Å². The zero-order chi connectivity index (χ0) is 23.4. The maximum absolute atomic E-state index is 12.9. The van der Waals surface area contributed by atoms with E-state index in [2.05, 4.69) is 15.5 Å². The summed E-state index contributed by atoms with van der Waals surface area (Å²) < 4.78 is 32.2. The second-order valence-electron chi connectivity index (χ2n) is 8.15. The Morgan fingerprint density at radius 3 is 2.48 bits per heavy atom. The fourth-order valence-electron chi connectivity index (χ4n) is 4.11. The molecular formula is C23H28N4O5S. The molecule has 0 spiro atoms. The van der Waals surface area contributed by atoms with Crippen molar-refractivity contribution in [2.45, 2.75) is 23.8 Å². The molecule has 0 unspecified atom stereocenters. The van der Waals surface area contributed by atoms with Gasteiger partial charge in [0.15, 0.2) is 0 Å². The normalized spacial score (nSPS) is 18.0. The van der Waals surface area contributed by atoms with Crippen molar-refractivity contribution < 1.29 is 22.7 Å². The lowest BCUT2D eigenvalue weighted by atomic mass is 10.0. The van der Waals surface area contributed by atoms with E-state index in [0.717, 1.165) is 41.7 Å². The Hall–Kier alpha value is -3.11. The first-order valence-corrected chi connectivity index (χ1v) is 12.4. The zero-order valence-electron chi connectivity index (χ0n) is 18.5. The first kappa shape index (κ1) is 23.1. The Balaban J connectivity index is 1.37. The number of sulfonamides is 1. The van der Waals surface area contributed by atoms with E-state index in [0.29, 0.717) is 0 Å². The van der Waals surface area contributed by atoms with Gasteiger partial charge in [0.05, 0.1) is 18.6 Å². The van der Waals surface area contributed by atoms with E-state index in [-0.39, 0.29) is 47.9 Å². The van der Waals surface area contributed by atoms with Gasteiger partial charge < -0.3 is 20.3 Å². The van der Waals surface area contributed by atoms with Crippen molar-refractivity contribution in [2.75, 3.05) is 44.7 Å². The minimum atomic E-state index is -3.85. The minimum Gasteiger partial charge on any atom is -0.497 e. The first-order chi connectivity index (χ1) is 15.9. The van der Waals surface area contributed by atoms with Gasteiger partial charge in [0.25, 0.3) is 5.91 Å². The van der Waals surface area contributed by atoms with E-state index in [1.165, 1.54) is 12.1 Å². The third kappa shape index (κ3) is 5.28. The standard InChI is InChI=1S/C23H28N4O5S/c1-32-20-7-5-19(6-8-20)26-12-9-18(10-13-26)25-23(29)17-3-2-4-21(15-17)33(30,31)27-14-11-24-22(28)16-27/h2-8,15,18H,9-14,16H2,1H3,(H,24,28)(H,25,29). The zero-order valence-corrected chi connectivity index (χ0v) is 19.3. The highest BCUT2D eigenvalue weighted by molar-refractivity contribution is 7.89. The number of amides is 2. The lowest BCUT2D eigenvalue weighted by Crippen LogP contribution is -2.49. The number of piperazine rings is 1. The van der Waals surface area contributed by atoms with Gasteiger partial charge in [0.1, 0.15) is 5.75 Å². The van der Waals surface area contributed by atoms with Crippen molar-refractivity contribution >= 4 is 27.5 Å². The summed E-state index contributed by atoms with van der Waals surface area (Å²) in [4.78, 5) is 26.7. The Morgan fingerprint density at radius 2 is 1.82 bits per heavy atom. The van der Waals surface area contributed by atoms with Crippen LogP contribution in [0.4, 0.5) is 5.69 Å². The first-order valence-electron chi connectivity index (χ1n) is 10.9. The Bertz CT molecular complexity index is 1110. The number of carbonyl (C=O) groups excluding carboxylic acids is 2. The van der Waals surface area contributed by atoms with Gasteiger partial charge in [-0.05, 0) is 55.3 Å². The molecule has 9 nitrogen and oxygen atoms in total. The van der Waals surface area contributed by atoms with Crippen LogP contribution in [-0.2, 0) is 14.8 Å². The summed E-state index contributed by atoms with van der Waals surface area (Å²) in [6, 6.07) is 13.9. The van der Waals surface area contributed by atoms with Crippen LogP contribution < -0.4 is 20.3 Å². The second-order valence-corrected chi connectivity index (χ2v) is 10.1. The fourth-order valence-corrected chi connectivity index (χ4v) is 5.55. The maximum atomic E-state index is 12.9. The molecule has 10 heteroatoms. The molecule has 2 aromatic carbocycles. The van der Waals surface area contributed by atoms with E-state index >= 15 is 0 Å². The average molecular weight is 473 g/mol. The van der Waals surface area contributed by atoms with Crippen LogP contribution in [0.1, 0.15) is 23.2 Å². The number of piperidine rings is 1. The van der Waals surface area contributed by atoms with E-state index in [9.17, 15) is 18.0 Å². The lowest BCUT2D eigenvalue weighted by Gasteiger charge is -2.34. The van der Waals surface area contributed by atoms with Crippen LogP contribution in [0.2, 0.25) is 0 Å². The Kier molecular flexibility index (Phi) is 6.85. The molecule has 176 valence electrons. The van der Waals surface area contributed by atoms with Gasteiger partial charge in [-0.25, -0.2) is 8.42 Å². The number of hydrogen-bond donors (Lipinski definition) is 2. The highest BCUT2D eigenvalue weighted by Crippen LogP contribution is 2.23. The number of anilines is 1. The third-order valence-electron chi connectivity index (χ3n) is 6.01. The molecule has 2 aromatic rings. The molecule has 0 aromatic heterocycles. The van der Waals surface area contributed by atoms with E-state index < -0.39 is 10.0 Å². The van der Waals surface area contributed by atoms with Crippen LogP contribution in [-0.4, -0.2) is 70.4 Å². The van der Waals surface area contributed by atoms with Crippen molar-refractivity contribution in [3.05, 3.63) is 54.1 Å². The molecule has 33 heavy (non-hydrogen) atoms. The van der Waals surface area contributed by atoms with Crippen LogP contribution >= 0.6 is 0 Å². The summed E-state index contributed by atoms with van der Waals surface area (Å²) in [5, 5.41) is 5.64. The molecule has 0 saturated carbocycles. The van der Waals surface area contributed by atoms with Gasteiger partial charge in [-0.2, -0.15) is 4.31 Å². The molecular weight excluding hydrogens is 444 g/mol. The van der Waals surface area contributed by atoms with Crippen LogP contribution in [0.15, 0.2) is 53.4 Å². The quantitative estimate of drug-likeness (QED) is 0.655. The second kappa shape index (κ2) is 9.80. The summed E-state index contributed by atoms with van der Waals surface area (Å²) in [5.41, 5.74) is 1.40. The molecule has 2 aliphatic heterocycles. The van der Waals surface area contributed by atoms with Gasteiger partial charge in [-0.15, -0.1) is 0 Å². The van der Waals surface area contributed by atoms with Crippen LogP contribution in [0.5, 0.6) is 5.75 Å². The molecule has 2 N–H and O–H groups in total. The number of benzene rings is 2. The molecule has 2 amide bonds. The molecule has 0 bridgehead atoms. The molecule has 0 radical (unpaired) electrons. The number of carbonyl (C=O) groups is 2. The largest absolute Gasteiger partial charge is 0.497 e. The van der Waals surface area contributed by atoms with Gasteiger partial charge in [-0.3, -0.25) is 9.59 Å². The predicted molar refractivity (Wildman–Crippen MR) is 124 cm³/mol. The van der Waals surface area contributed by atoms with Gasteiger partial charge in [0, 0.05) is 43.5 Å². The Morgan fingerprint density at radius 1 is 1.09 bits per heavy atom. The summed E-state index contributed by atoms with van der Waals surface area (Å²) in [5.74, 6) is 0.180. The van der Waals surface area contributed by atoms with Crippen LogP contribution in [0, 0.1) is 0 Å². The Labute approximate surface area is 193 Å². The van der Waals surface area contributed by atoms with Gasteiger partial charge >= 0.3 is 0 Å². The number of nitrogens with one attached hydrogen (secondary N) is 2. The summed E-state index contributed by atoms with van der Waals surface area (Å²) in [6.45, 7) is 1.88. The van der Waals surface area contributed by atoms with Gasteiger partial charge in [0.2, 0.25) is 15.9 Å². The average Bonchev–Trinajstić information content (AvgIpc) is 2.84. The summed E-state index contributed by atoms with van der Waals surface area (Å²) in [7, 11) is -2.21. The predicted octanol–water partition coefficient (Wildman–Crippen LogP) is 1.21. The maximum Gasteiger partial charge on any atom is 0.251 e. The number of rotatable bonds is 6. The molecule has 2 aliphatic rings. The molecule has 0 aliphatic carbocycles. The topological polar surface area (TPSA) is 108 Å². The van der Waals surface area contributed by atoms with Crippen molar-refractivity contribution in [1.29, 1.82) is 0 Å². The fraction of sp³-hybridized carbons (Fsp3) is 0.391. The summed E-state index contributed by atoms with van der Waals surface area (Å²) >= 11 is 0. The third-order valence-corrected chi connectivity index (χ3v) is 7.85. The van der Waals surface area contributed by atoms with Gasteiger partial charge in [-0.1, -0.05) is 6.07 Å². The number of hydrogen-bond acceptors (Lipinski definition) is 6. The van der Waals surface area contributed by atoms with Crippen molar-refractivity contribution in [1.82, 2.24) is 14.9 Å². The summed E-state index contributed by atoms with van der Waals surface area (Å²) in [6.07, 6.45) is 1.58. The molecule has 2 fully saturated rings. The molecule has 2 saturated heterocycles. The number of ether oxygens (including phenoxy) is 1. The molecule has 0 atom stereocenters. The van der Waals surface area contributed by atoms with Crippen molar-refractivity contribution in [3.8, 4) is 5.75 Å². The highest BCUT2D eigenvalue weighted by Gasteiger charge is 2.30. The minimum absolute atomic E-state index is 0.0121. The molecule has 4 rings (SSSR count). The smallest absolute Gasteiger partial charge is 0.251 e. The highest BCUT2D eigenvalue weighted by atomic mass is 32.2. The van der Waals surface area contributed by atoms with Crippen molar-refractivity contribution in [3.63, 3.8) is 0 Å². The van der Waals surface area contributed by atoms with Crippen LogP contribution in [0.25, 0.3) is 0 Å². The molecule has 2 heterocycles. The SMILES string of the molecule is COc1ccc(N2CCC(NC(=O)c3cccc(S(=O)(=O)N4CCNC(=O)C4)c3)CC2)cc1. The van der Waals surface area contributed by atoms with E-state index in [1.54, 1.807) is 19.2 Å². The van der Waals surface area contributed by atoms with E-state index in [4.69, 9.17) is 4.74 Å². The monoisotopic (exact) mass is 472 g/mol. The number of nitrogens with zero attached hydrogens (tertiary/aromatic N) is 2. The van der Waals surface area contributed by atoms with Crippen molar-refractivity contribution in [2.24, 2.45) is 0 Å². The number of methoxy groups -OCH3 is 1. The lowest BCUT2D eigenvalue weighted by molar-refractivity contribution is -0.122.